The van der Waals surface area contributed by atoms with E-state index in [1.165, 1.54) is 35.0 Å². The zero-order valence-corrected chi connectivity index (χ0v) is 15.1. The van der Waals surface area contributed by atoms with Crippen LogP contribution >= 0.6 is 27.5 Å². The molecule has 1 unspecified atom stereocenters. The molecule has 0 spiro atoms. The van der Waals surface area contributed by atoms with Crippen LogP contribution in [-0.4, -0.2) is 13.1 Å². The molecule has 1 aliphatic rings. The maximum Gasteiger partial charge on any atom is 0.0510 e. The molecule has 1 heterocycles. The van der Waals surface area contributed by atoms with Gasteiger partial charge in [0.15, 0.2) is 0 Å². The lowest BCUT2D eigenvalue weighted by atomic mass is 9.77. The first-order chi connectivity index (χ1) is 9.41. The van der Waals surface area contributed by atoms with Crippen molar-refractivity contribution in [1.29, 1.82) is 0 Å². The second-order valence-electron chi connectivity index (χ2n) is 6.90. The molecule has 1 nitrogen and oxygen atoms in total. The number of rotatable bonds is 2. The summed E-state index contributed by atoms with van der Waals surface area (Å²) >= 11 is 9.60. The highest BCUT2D eigenvalue weighted by Crippen LogP contribution is 2.36. The molecule has 1 saturated heterocycles. The predicted molar refractivity (Wildman–Crippen MR) is 92.7 cm³/mol. The molecule has 0 amide bonds. The molecule has 0 aliphatic carbocycles. The number of alkyl halides is 1. The number of halogens is 2. The van der Waals surface area contributed by atoms with Gasteiger partial charge in [0, 0.05) is 23.4 Å². The van der Waals surface area contributed by atoms with Crippen molar-refractivity contribution < 1.29 is 0 Å². The first kappa shape index (κ1) is 16.2. The summed E-state index contributed by atoms with van der Waals surface area (Å²) in [5.41, 5.74) is 2.91. The predicted octanol–water partition coefficient (Wildman–Crippen LogP) is 5.84. The van der Waals surface area contributed by atoms with Crippen LogP contribution < -0.4 is 4.90 Å². The summed E-state index contributed by atoms with van der Waals surface area (Å²) in [4.78, 5) is 2.52. The van der Waals surface area contributed by atoms with Crippen LogP contribution in [0.3, 0.4) is 0 Å². The van der Waals surface area contributed by atoms with Crippen molar-refractivity contribution in [3.05, 3.63) is 28.2 Å². The molecule has 1 aromatic carbocycles. The average molecular weight is 359 g/mol. The van der Waals surface area contributed by atoms with Gasteiger partial charge in [0.05, 0.1) is 5.69 Å². The van der Waals surface area contributed by atoms with Crippen molar-refractivity contribution in [2.75, 3.05) is 18.0 Å². The third kappa shape index (κ3) is 3.92. The smallest absolute Gasteiger partial charge is 0.0510 e. The maximum absolute atomic E-state index is 5.90. The minimum absolute atomic E-state index is 0.426. The van der Waals surface area contributed by atoms with Crippen LogP contribution in [0.1, 0.15) is 45.6 Å². The lowest BCUT2D eigenvalue weighted by molar-refractivity contribution is 0.220. The van der Waals surface area contributed by atoms with Crippen molar-refractivity contribution >= 4 is 33.2 Å². The third-order valence-corrected chi connectivity index (χ3v) is 5.40. The van der Waals surface area contributed by atoms with E-state index < -0.39 is 0 Å². The zero-order chi connectivity index (χ0) is 14.8. The largest absolute Gasteiger partial charge is 0.371 e. The van der Waals surface area contributed by atoms with Gasteiger partial charge in [0.25, 0.3) is 0 Å². The van der Waals surface area contributed by atoms with E-state index in [0.717, 1.165) is 19.0 Å². The van der Waals surface area contributed by atoms with Crippen LogP contribution in [0.2, 0.25) is 0 Å². The second kappa shape index (κ2) is 6.70. The Kier molecular flexibility index (Phi) is 5.42. The van der Waals surface area contributed by atoms with Crippen LogP contribution in [0.5, 0.6) is 0 Å². The minimum atomic E-state index is 0.426. The van der Waals surface area contributed by atoms with E-state index in [4.69, 9.17) is 11.6 Å². The zero-order valence-electron chi connectivity index (χ0n) is 12.8. The SMILES string of the molecule is CC(C)(C)C1CCCN(c2ccc(CCl)cc2Br)CC1. The standard InChI is InChI=1S/C17H25BrClN/c1-17(2,3)14-5-4-9-20(10-8-14)16-7-6-13(12-19)11-15(16)18/h6-7,11,14H,4-5,8-10,12H2,1-3H3. The fraction of sp³-hybridized carbons (Fsp3) is 0.647. The van der Waals surface area contributed by atoms with Crippen molar-refractivity contribution in [2.45, 2.75) is 45.9 Å². The molecule has 112 valence electrons. The van der Waals surface area contributed by atoms with Crippen molar-refractivity contribution in [2.24, 2.45) is 11.3 Å². The van der Waals surface area contributed by atoms with Gasteiger partial charge in [-0.1, -0.05) is 26.8 Å². The van der Waals surface area contributed by atoms with Crippen molar-refractivity contribution in [3.63, 3.8) is 0 Å². The Balaban J connectivity index is 2.11. The topological polar surface area (TPSA) is 3.24 Å². The highest BCUT2D eigenvalue weighted by Gasteiger charge is 2.27. The van der Waals surface area contributed by atoms with Gasteiger partial charge in [-0.2, -0.15) is 0 Å². The van der Waals surface area contributed by atoms with Gasteiger partial charge >= 0.3 is 0 Å². The van der Waals surface area contributed by atoms with Crippen LogP contribution in [0.25, 0.3) is 0 Å². The first-order valence-electron chi connectivity index (χ1n) is 7.51. The summed E-state index contributed by atoms with van der Waals surface area (Å²) in [7, 11) is 0. The Bertz CT molecular complexity index is 453. The quantitative estimate of drug-likeness (QED) is 0.600. The summed E-state index contributed by atoms with van der Waals surface area (Å²) in [6.07, 6.45) is 3.91. The van der Waals surface area contributed by atoms with Crippen molar-refractivity contribution in [3.8, 4) is 0 Å². The van der Waals surface area contributed by atoms with Gasteiger partial charge in [-0.05, 0) is 64.2 Å². The third-order valence-electron chi connectivity index (χ3n) is 4.46. The van der Waals surface area contributed by atoms with E-state index in [2.05, 4.69) is 59.8 Å². The normalized spacial score (nSPS) is 20.9. The molecule has 0 N–H and O–H groups in total. The van der Waals surface area contributed by atoms with Gasteiger partial charge in [-0.3, -0.25) is 0 Å². The van der Waals surface area contributed by atoms with E-state index in [0.29, 0.717) is 11.3 Å². The van der Waals surface area contributed by atoms with Crippen LogP contribution in [0, 0.1) is 11.3 Å². The van der Waals surface area contributed by atoms with E-state index in [-0.39, 0.29) is 0 Å². The summed E-state index contributed by atoms with van der Waals surface area (Å²) in [5.74, 6) is 1.40. The van der Waals surface area contributed by atoms with E-state index >= 15 is 0 Å². The highest BCUT2D eigenvalue weighted by molar-refractivity contribution is 9.10. The van der Waals surface area contributed by atoms with E-state index in [1.54, 1.807) is 0 Å². The average Bonchev–Trinajstić information content (AvgIpc) is 2.63. The van der Waals surface area contributed by atoms with Gasteiger partial charge in [-0.25, -0.2) is 0 Å². The molecular formula is C17H25BrClN. The molecule has 1 fully saturated rings. The fourth-order valence-electron chi connectivity index (χ4n) is 3.09. The molecule has 1 atom stereocenters. The summed E-state index contributed by atoms with van der Waals surface area (Å²) in [6.45, 7) is 9.43. The molecule has 2 rings (SSSR count). The summed E-state index contributed by atoms with van der Waals surface area (Å²) in [6, 6.07) is 6.49. The monoisotopic (exact) mass is 357 g/mol. The Hall–Kier alpha value is -0.210. The Labute approximate surface area is 136 Å². The molecule has 1 aliphatic heterocycles. The van der Waals surface area contributed by atoms with Crippen LogP contribution in [0.4, 0.5) is 5.69 Å². The molecule has 0 bridgehead atoms. The second-order valence-corrected chi connectivity index (χ2v) is 8.02. The number of hydrogen-bond acceptors (Lipinski definition) is 1. The maximum atomic E-state index is 5.90. The number of benzene rings is 1. The molecule has 20 heavy (non-hydrogen) atoms. The molecule has 0 radical (unpaired) electrons. The van der Waals surface area contributed by atoms with E-state index in [9.17, 15) is 0 Å². The van der Waals surface area contributed by atoms with E-state index in [1.807, 2.05) is 0 Å². The first-order valence-corrected chi connectivity index (χ1v) is 8.84. The molecule has 0 aromatic heterocycles. The van der Waals surface area contributed by atoms with Crippen LogP contribution in [-0.2, 0) is 5.88 Å². The summed E-state index contributed by atoms with van der Waals surface area (Å²) in [5, 5.41) is 0. The van der Waals surface area contributed by atoms with Gasteiger partial charge in [0.2, 0.25) is 0 Å². The highest BCUT2D eigenvalue weighted by atomic mass is 79.9. The lowest BCUT2D eigenvalue weighted by Gasteiger charge is -2.30. The fourth-order valence-corrected chi connectivity index (χ4v) is 3.94. The Morgan fingerprint density at radius 2 is 2.00 bits per heavy atom. The van der Waals surface area contributed by atoms with Gasteiger partial charge in [0.1, 0.15) is 0 Å². The molecule has 1 aromatic rings. The molecular weight excluding hydrogens is 334 g/mol. The Morgan fingerprint density at radius 1 is 1.25 bits per heavy atom. The van der Waals surface area contributed by atoms with Crippen molar-refractivity contribution in [1.82, 2.24) is 0 Å². The number of anilines is 1. The molecule has 3 heteroatoms. The Morgan fingerprint density at radius 3 is 2.60 bits per heavy atom. The minimum Gasteiger partial charge on any atom is -0.371 e. The van der Waals surface area contributed by atoms with Crippen LogP contribution in [0.15, 0.2) is 22.7 Å². The molecule has 0 saturated carbocycles. The van der Waals surface area contributed by atoms with Gasteiger partial charge in [-0.15, -0.1) is 11.6 Å². The van der Waals surface area contributed by atoms with Gasteiger partial charge < -0.3 is 4.90 Å². The lowest BCUT2D eigenvalue weighted by Crippen LogP contribution is -2.26. The number of nitrogens with zero attached hydrogens (tertiary/aromatic N) is 1. The summed E-state index contributed by atoms with van der Waals surface area (Å²) < 4.78 is 1.17. The number of hydrogen-bond donors (Lipinski definition) is 0.